The SMILES string of the molecule is CC1CCN(C(=O)NC(C)(C)c2ccccc2F)CC1. The van der Waals surface area contributed by atoms with E-state index in [1.165, 1.54) is 6.07 Å². The fourth-order valence-corrected chi connectivity index (χ4v) is 2.59. The number of nitrogens with zero attached hydrogens (tertiary/aromatic N) is 1. The highest BCUT2D eigenvalue weighted by atomic mass is 19.1. The molecule has 0 unspecified atom stereocenters. The molecular weight excluding hydrogens is 255 g/mol. The quantitative estimate of drug-likeness (QED) is 0.882. The zero-order valence-corrected chi connectivity index (χ0v) is 12.4. The Morgan fingerprint density at radius 3 is 2.50 bits per heavy atom. The zero-order valence-electron chi connectivity index (χ0n) is 12.4. The van der Waals surface area contributed by atoms with Crippen molar-refractivity contribution in [3.63, 3.8) is 0 Å². The molecule has 0 spiro atoms. The van der Waals surface area contributed by atoms with Crippen LogP contribution < -0.4 is 5.32 Å². The van der Waals surface area contributed by atoms with Crippen molar-refractivity contribution in [2.45, 2.75) is 39.2 Å². The molecule has 2 amide bonds. The summed E-state index contributed by atoms with van der Waals surface area (Å²) in [6.07, 6.45) is 2.07. The van der Waals surface area contributed by atoms with Crippen molar-refractivity contribution in [3.05, 3.63) is 35.6 Å². The molecule has 1 aromatic rings. The minimum atomic E-state index is -0.717. The Morgan fingerprint density at radius 2 is 1.90 bits per heavy atom. The third kappa shape index (κ3) is 3.30. The number of benzene rings is 1. The van der Waals surface area contributed by atoms with Crippen LogP contribution in [-0.2, 0) is 5.54 Å². The van der Waals surface area contributed by atoms with E-state index in [1.54, 1.807) is 18.2 Å². The molecule has 1 aliphatic heterocycles. The zero-order chi connectivity index (χ0) is 14.8. The molecule has 1 heterocycles. The molecular formula is C16H23FN2O. The Hall–Kier alpha value is -1.58. The standard InChI is InChI=1S/C16H23FN2O/c1-12-8-10-19(11-9-12)15(20)18-16(2,3)13-6-4-5-7-14(13)17/h4-7,12H,8-11H2,1-3H3,(H,18,20). The Kier molecular flexibility index (Phi) is 4.31. The Labute approximate surface area is 120 Å². The summed E-state index contributed by atoms with van der Waals surface area (Å²) in [5.74, 6) is 0.392. The van der Waals surface area contributed by atoms with Crippen LogP contribution in [0.2, 0.25) is 0 Å². The van der Waals surface area contributed by atoms with E-state index in [4.69, 9.17) is 0 Å². The van der Waals surface area contributed by atoms with Gasteiger partial charge in [-0.15, -0.1) is 0 Å². The second-order valence-electron chi connectivity index (χ2n) is 6.20. The number of rotatable bonds is 2. The van der Waals surface area contributed by atoms with Gasteiger partial charge in [0.1, 0.15) is 5.82 Å². The molecule has 1 aromatic carbocycles. The van der Waals surface area contributed by atoms with E-state index in [0.717, 1.165) is 25.9 Å². The summed E-state index contributed by atoms with van der Waals surface area (Å²) < 4.78 is 13.9. The van der Waals surface area contributed by atoms with Crippen LogP contribution in [0.15, 0.2) is 24.3 Å². The first-order chi connectivity index (χ1) is 9.40. The van der Waals surface area contributed by atoms with Crippen molar-refractivity contribution < 1.29 is 9.18 Å². The number of piperidine rings is 1. The average Bonchev–Trinajstić information content (AvgIpc) is 2.39. The number of hydrogen-bond donors (Lipinski definition) is 1. The Balaban J connectivity index is 2.05. The Bertz CT molecular complexity index is 479. The van der Waals surface area contributed by atoms with Crippen molar-refractivity contribution in [2.24, 2.45) is 5.92 Å². The lowest BCUT2D eigenvalue weighted by atomic mass is 9.93. The third-order valence-electron chi connectivity index (χ3n) is 4.04. The summed E-state index contributed by atoms with van der Waals surface area (Å²) in [6, 6.07) is 6.47. The van der Waals surface area contributed by atoms with Gasteiger partial charge in [-0.1, -0.05) is 25.1 Å². The summed E-state index contributed by atoms with van der Waals surface area (Å²) in [6.45, 7) is 7.42. The van der Waals surface area contributed by atoms with Gasteiger partial charge in [0, 0.05) is 18.7 Å². The number of urea groups is 1. The van der Waals surface area contributed by atoms with Gasteiger partial charge in [-0.2, -0.15) is 0 Å². The first-order valence-corrected chi connectivity index (χ1v) is 7.22. The average molecular weight is 278 g/mol. The summed E-state index contributed by atoms with van der Waals surface area (Å²) in [5.41, 5.74) is -0.204. The first kappa shape index (κ1) is 14.8. The molecule has 0 saturated carbocycles. The summed E-state index contributed by atoms with van der Waals surface area (Å²) in [4.78, 5) is 14.1. The molecule has 0 radical (unpaired) electrons. The van der Waals surface area contributed by atoms with Crippen molar-refractivity contribution in [3.8, 4) is 0 Å². The van der Waals surface area contributed by atoms with Crippen LogP contribution in [0.4, 0.5) is 9.18 Å². The van der Waals surface area contributed by atoms with Crippen LogP contribution in [-0.4, -0.2) is 24.0 Å². The van der Waals surface area contributed by atoms with E-state index in [2.05, 4.69) is 12.2 Å². The number of carbonyl (C=O) groups excluding carboxylic acids is 1. The van der Waals surface area contributed by atoms with Gasteiger partial charge in [0.15, 0.2) is 0 Å². The molecule has 0 atom stereocenters. The molecule has 1 saturated heterocycles. The molecule has 1 N–H and O–H groups in total. The number of halogens is 1. The van der Waals surface area contributed by atoms with Gasteiger partial charge in [-0.05, 0) is 38.7 Å². The smallest absolute Gasteiger partial charge is 0.318 e. The number of amides is 2. The van der Waals surface area contributed by atoms with Gasteiger partial charge in [-0.3, -0.25) is 0 Å². The minimum absolute atomic E-state index is 0.106. The van der Waals surface area contributed by atoms with Gasteiger partial charge in [-0.25, -0.2) is 9.18 Å². The van der Waals surface area contributed by atoms with Crippen molar-refractivity contribution in [2.75, 3.05) is 13.1 Å². The lowest BCUT2D eigenvalue weighted by molar-refractivity contribution is 0.164. The number of likely N-dealkylation sites (tertiary alicyclic amines) is 1. The largest absolute Gasteiger partial charge is 0.329 e. The van der Waals surface area contributed by atoms with E-state index in [9.17, 15) is 9.18 Å². The second-order valence-corrected chi connectivity index (χ2v) is 6.20. The van der Waals surface area contributed by atoms with Crippen LogP contribution in [0.1, 0.15) is 39.2 Å². The van der Waals surface area contributed by atoms with Gasteiger partial charge in [0.05, 0.1) is 5.54 Å². The number of hydrogen-bond acceptors (Lipinski definition) is 1. The Morgan fingerprint density at radius 1 is 1.30 bits per heavy atom. The lowest BCUT2D eigenvalue weighted by Gasteiger charge is -2.34. The summed E-state index contributed by atoms with van der Waals surface area (Å²) in [7, 11) is 0. The van der Waals surface area contributed by atoms with Crippen molar-refractivity contribution in [1.82, 2.24) is 10.2 Å². The highest BCUT2D eigenvalue weighted by Crippen LogP contribution is 2.24. The van der Waals surface area contributed by atoms with Gasteiger partial charge < -0.3 is 10.2 Å². The maximum atomic E-state index is 13.9. The molecule has 0 bridgehead atoms. The molecule has 0 aromatic heterocycles. The van der Waals surface area contributed by atoms with Gasteiger partial charge in [0.2, 0.25) is 0 Å². The van der Waals surface area contributed by atoms with E-state index in [0.29, 0.717) is 11.5 Å². The third-order valence-corrected chi connectivity index (χ3v) is 4.04. The van der Waals surface area contributed by atoms with Crippen LogP contribution in [0.25, 0.3) is 0 Å². The predicted molar refractivity (Wildman–Crippen MR) is 77.9 cm³/mol. The predicted octanol–water partition coefficient (Wildman–Crippen LogP) is 3.50. The molecule has 20 heavy (non-hydrogen) atoms. The molecule has 110 valence electrons. The minimum Gasteiger partial charge on any atom is -0.329 e. The maximum absolute atomic E-state index is 13.9. The molecule has 0 aliphatic carbocycles. The maximum Gasteiger partial charge on any atom is 0.318 e. The van der Waals surface area contributed by atoms with Crippen LogP contribution in [0.3, 0.4) is 0 Å². The van der Waals surface area contributed by atoms with Crippen molar-refractivity contribution in [1.29, 1.82) is 0 Å². The molecule has 3 nitrogen and oxygen atoms in total. The monoisotopic (exact) mass is 278 g/mol. The fraction of sp³-hybridized carbons (Fsp3) is 0.562. The number of nitrogens with one attached hydrogen (secondary N) is 1. The van der Waals surface area contributed by atoms with Crippen LogP contribution >= 0.6 is 0 Å². The molecule has 2 rings (SSSR count). The first-order valence-electron chi connectivity index (χ1n) is 7.22. The molecule has 4 heteroatoms. The molecule has 1 fully saturated rings. The van der Waals surface area contributed by atoms with E-state index >= 15 is 0 Å². The molecule has 1 aliphatic rings. The highest BCUT2D eigenvalue weighted by molar-refractivity contribution is 5.75. The fourth-order valence-electron chi connectivity index (χ4n) is 2.59. The second kappa shape index (κ2) is 5.81. The van der Waals surface area contributed by atoms with E-state index < -0.39 is 5.54 Å². The highest BCUT2D eigenvalue weighted by Gasteiger charge is 2.29. The van der Waals surface area contributed by atoms with E-state index in [-0.39, 0.29) is 11.8 Å². The van der Waals surface area contributed by atoms with Gasteiger partial charge >= 0.3 is 6.03 Å². The van der Waals surface area contributed by atoms with Crippen LogP contribution in [0.5, 0.6) is 0 Å². The van der Waals surface area contributed by atoms with Gasteiger partial charge in [0.25, 0.3) is 0 Å². The lowest BCUT2D eigenvalue weighted by Crippen LogP contribution is -2.50. The summed E-state index contributed by atoms with van der Waals surface area (Å²) >= 11 is 0. The van der Waals surface area contributed by atoms with E-state index in [1.807, 2.05) is 18.7 Å². The topological polar surface area (TPSA) is 32.3 Å². The van der Waals surface area contributed by atoms with Crippen LogP contribution in [0, 0.1) is 11.7 Å². The normalized spacial score (nSPS) is 17.1. The number of carbonyl (C=O) groups is 1. The van der Waals surface area contributed by atoms with Crippen molar-refractivity contribution >= 4 is 6.03 Å². The summed E-state index contributed by atoms with van der Waals surface area (Å²) in [5, 5.41) is 2.94.